The fourth-order valence-electron chi connectivity index (χ4n) is 4.89. The van der Waals surface area contributed by atoms with E-state index in [0.717, 1.165) is 37.8 Å². The molecule has 0 radical (unpaired) electrons. The molecule has 0 unspecified atom stereocenters. The summed E-state index contributed by atoms with van der Waals surface area (Å²) in [7, 11) is -3.64. The molecule has 40 heavy (non-hydrogen) atoms. The van der Waals surface area contributed by atoms with Crippen molar-refractivity contribution in [2.24, 2.45) is 11.0 Å². The van der Waals surface area contributed by atoms with Crippen molar-refractivity contribution in [3.8, 4) is 0 Å². The van der Waals surface area contributed by atoms with Gasteiger partial charge in [-0.3, -0.25) is 9.59 Å². The van der Waals surface area contributed by atoms with Crippen LogP contribution in [0.1, 0.15) is 52.0 Å². The summed E-state index contributed by atoms with van der Waals surface area (Å²) >= 11 is 0. The summed E-state index contributed by atoms with van der Waals surface area (Å²) in [5, 5.41) is 6.96. The van der Waals surface area contributed by atoms with Gasteiger partial charge in [0.05, 0.1) is 6.26 Å². The molecule has 0 spiro atoms. The van der Waals surface area contributed by atoms with Crippen LogP contribution in [-0.2, 0) is 30.8 Å². The molecule has 2 fully saturated rings. The minimum atomic E-state index is -3.64. The minimum Gasteiger partial charge on any atom is -0.443 e. The van der Waals surface area contributed by atoms with Crippen LogP contribution >= 0.6 is 0 Å². The molecule has 0 aliphatic carbocycles. The molecular weight excluding hydrogens is 536 g/mol. The third-order valence-corrected chi connectivity index (χ3v) is 7.48. The molecule has 1 aromatic rings. The van der Waals surface area contributed by atoms with Crippen LogP contribution in [0.2, 0.25) is 0 Å². The zero-order valence-electron chi connectivity index (χ0n) is 23.8. The van der Waals surface area contributed by atoms with E-state index in [9.17, 15) is 22.8 Å². The van der Waals surface area contributed by atoms with Gasteiger partial charge in [0.2, 0.25) is 21.8 Å². The maximum absolute atomic E-state index is 13.4. The Morgan fingerprint density at radius 1 is 1.10 bits per heavy atom. The van der Waals surface area contributed by atoms with Crippen LogP contribution in [-0.4, -0.2) is 92.6 Å². The number of carbonyl (C=O) groups excluding carboxylic acids is 3. The zero-order chi connectivity index (χ0) is 29.3. The summed E-state index contributed by atoms with van der Waals surface area (Å²) in [6.07, 6.45) is 5.08. The van der Waals surface area contributed by atoms with Crippen molar-refractivity contribution in [2.75, 3.05) is 32.4 Å². The number of benzene rings is 1. The number of sulfonamides is 1. The van der Waals surface area contributed by atoms with E-state index in [1.165, 1.54) is 4.90 Å². The summed E-state index contributed by atoms with van der Waals surface area (Å²) in [5.74, 6) is -0.329. The average Bonchev–Trinajstić information content (AvgIpc) is 3.36. The first-order valence-corrected chi connectivity index (χ1v) is 15.6. The molecule has 13 heteroatoms. The normalized spacial score (nSPS) is 19.4. The molecule has 3 N–H and O–H groups in total. The number of carbonyl (C=O) groups is 3. The monoisotopic (exact) mass is 578 g/mol. The van der Waals surface area contributed by atoms with Crippen LogP contribution in [0.15, 0.2) is 35.4 Å². The van der Waals surface area contributed by atoms with Gasteiger partial charge in [0.15, 0.2) is 0 Å². The van der Waals surface area contributed by atoms with Gasteiger partial charge in [-0.2, -0.15) is 5.10 Å². The molecule has 3 rings (SSSR count). The highest BCUT2D eigenvalue weighted by Gasteiger charge is 2.38. The van der Waals surface area contributed by atoms with Crippen molar-refractivity contribution < 1.29 is 27.5 Å². The molecule has 2 saturated heterocycles. The smallest absolute Gasteiger partial charge is 0.428 e. The topological polar surface area (TPSA) is 150 Å². The fourth-order valence-corrected chi connectivity index (χ4v) is 5.59. The first-order chi connectivity index (χ1) is 18.8. The maximum atomic E-state index is 13.4. The van der Waals surface area contributed by atoms with E-state index >= 15 is 0 Å². The van der Waals surface area contributed by atoms with Crippen molar-refractivity contribution >= 4 is 34.3 Å². The molecule has 2 atom stereocenters. The zero-order valence-corrected chi connectivity index (χ0v) is 24.6. The standard InChI is InChI=1S/C27H42N6O6S/c1-27(2,3)39-26(36)30-29-19-32-15-12-21(13-16-32)18-28-24(34)23-11-8-14-33(23)25(35)22(31-40(4,37)38)17-20-9-6-5-7-10-20/h5-7,9-10,19,21-23,31H,8,11-18H2,1-4H3,(H,28,34)(H,30,36)/t22-,23+/m1/s1. The van der Waals surface area contributed by atoms with E-state index in [1.54, 1.807) is 27.1 Å². The van der Waals surface area contributed by atoms with Crippen molar-refractivity contribution in [1.82, 2.24) is 25.3 Å². The first-order valence-electron chi connectivity index (χ1n) is 13.7. The second kappa shape index (κ2) is 13.9. The van der Waals surface area contributed by atoms with Gasteiger partial charge in [0.1, 0.15) is 24.0 Å². The number of likely N-dealkylation sites (tertiary alicyclic amines) is 2. The Bertz CT molecular complexity index is 1150. The van der Waals surface area contributed by atoms with Gasteiger partial charge in [-0.15, -0.1) is 0 Å². The van der Waals surface area contributed by atoms with Gasteiger partial charge in [-0.1, -0.05) is 30.3 Å². The molecule has 222 valence electrons. The Morgan fingerprint density at radius 2 is 1.77 bits per heavy atom. The van der Waals surface area contributed by atoms with Crippen LogP contribution in [0, 0.1) is 5.92 Å². The summed E-state index contributed by atoms with van der Waals surface area (Å²) in [5.41, 5.74) is 2.59. The lowest BCUT2D eigenvalue weighted by Crippen LogP contribution is -2.54. The number of amides is 3. The minimum absolute atomic E-state index is 0.201. The number of hydrazone groups is 1. The highest BCUT2D eigenvalue weighted by molar-refractivity contribution is 7.88. The van der Waals surface area contributed by atoms with Crippen LogP contribution < -0.4 is 15.5 Å². The Labute approximate surface area is 236 Å². The fraction of sp³-hybridized carbons (Fsp3) is 0.630. The summed E-state index contributed by atoms with van der Waals surface area (Å²) in [4.78, 5) is 41.8. The third kappa shape index (κ3) is 10.4. The van der Waals surface area contributed by atoms with Crippen LogP contribution in [0.3, 0.4) is 0 Å². The van der Waals surface area contributed by atoms with Crippen molar-refractivity contribution in [1.29, 1.82) is 0 Å². The highest BCUT2D eigenvalue weighted by atomic mass is 32.2. The van der Waals surface area contributed by atoms with Crippen LogP contribution in [0.5, 0.6) is 0 Å². The Balaban J connectivity index is 1.48. The molecule has 12 nitrogen and oxygen atoms in total. The molecule has 0 bridgehead atoms. The van der Waals surface area contributed by atoms with Crippen LogP contribution in [0.4, 0.5) is 4.79 Å². The number of nitrogens with zero attached hydrogens (tertiary/aromatic N) is 3. The van der Waals surface area contributed by atoms with Gasteiger partial charge < -0.3 is 19.9 Å². The van der Waals surface area contributed by atoms with Gasteiger partial charge in [-0.25, -0.2) is 23.4 Å². The van der Waals surface area contributed by atoms with Crippen molar-refractivity contribution in [3.63, 3.8) is 0 Å². The summed E-state index contributed by atoms with van der Waals surface area (Å²) < 4.78 is 31.6. The number of rotatable bonds is 10. The molecule has 0 saturated carbocycles. The number of hydrogen-bond acceptors (Lipinski definition) is 7. The Morgan fingerprint density at radius 3 is 2.40 bits per heavy atom. The van der Waals surface area contributed by atoms with Gasteiger partial charge >= 0.3 is 6.09 Å². The summed E-state index contributed by atoms with van der Waals surface area (Å²) in [6, 6.07) is 7.59. The molecule has 2 heterocycles. The lowest BCUT2D eigenvalue weighted by atomic mass is 9.97. The molecule has 3 amide bonds. The number of nitrogens with one attached hydrogen (secondary N) is 3. The molecule has 1 aromatic carbocycles. The van der Waals surface area contributed by atoms with E-state index in [4.69, 9.17) is 4.74 Å². The average molecular weight is 579 g/mol. The SMILES string of the molecule is CC(C)(C)OC(=O)NN=CN1CCC(CNC(=O)[C@@H]2CCCN2C(=O)[C@@H](Cc2ccccc2)NS(C)(=O)=O)CC1. The first kappa shape index (κ1) is 31.3. The lowest BCUT2D eigenvalue weighted by Gasteiger charge is -2.31. The summed E-state index contributed by atoms with van der Waals surface area (Å²) in [6.45, 7) is 7.69. The van der Waals surface area contributed by atoms with Crippen LogP contribution in [0.25, 0.3) is 0 Å². The van der Waals surface area contributed by atoms with Gasteiger partial charge in [-0.05, 0) is 64.4 Å². The predicted molar refractivity (Wildman–Crippen MR) is 152 cm³/mol. The maximum Gasteiger partial charge on any atom is 0.428 e. The highest BCUT2D eigenvalue weighted by Crippen LogP contribution is 2.21. The predicted octanol–water partition coefficient (Wildman–Crippen LogP) is 1.43. The van der Waals surface area contributed by atoms with E-state index in [0.29, 0.717) is 25.9 Å². The lowest BCUT2D eigenvalue weighted by molar-refractivity contribution is -0.139. The second-order valence-corrected chi connectivity index (χ2v) is 13.2. The molecule has 2 aliphatic rings. The van der Waals surface area contributed by atoms with E-state index in [1.807, 2.05) is 35.2 Å². The van der Waals surface area contributed by atoms with Gasteiger partial charge in [0.25, 0.3) is 0 Å². The number of ether oxygens (including phenoxy) is 1. The van der Waals surface area contributed by atoms with E-state index in [-0.39, 0.29) is 24.2 Å². The Kier molecular flexibility index (Phi) is 10.9. The quantitative estimate of drug-likeness (QED) is 0.216. The third-order valence-electron chi connectivity index (χ3n) is 6.77. The number of piperidine rings is 1. The van der Waals surface area contributed by atoms with E-state index < -0.39 is 33.8 Å². The number of hydrogen-bond donors (Lipinski definition) is 3. The van der Waals surface area contributed by atoms with Crippen molar-refractivity contribution in [2.45, 2.75) is 70.6 Å². The Hall–Kier alpha value is -3.19. The molecule has 2 aliphatic heterocycles. The molecule has 0 aromatic heterocycles. The molecular formula is C27H42N6O6S. The van der Waals surface area contributed by atoms with Crippen molar-refractivity contribution in [3.05, 3.63) is 35.9 Å². The van der Waals surface area contributed by atoms with E-state index in [2.05, 4.69) is 20.6 Å². The largest absolute Gasteiger partial charge is 0.443 e. The second-order valence-electron chi connectivity index (χ2n) is 11.4. The van der Waals surface area contributed by atoms with Gasteiger partial charge in [0, 0.05) is 26.2 Å².